The molecule has 1 aliphatic carbocycles. The zero-order valence-electron chi connectivity index (χ0n) is 13.7. The molecule has 1 aliphatic rings. The SMILES string of the molecule is CCCNC(CSC1CCCC1)c1cc(C)ccc1OC. The van der Waals surface area contributed by atoms with Crippen LogP contribution in [0, 0.1) is 6.92 Å². The summed E-state index contributed by atoms with van der Waals surface area (Å²) in [4.78, 5) is 0. The first kappa shape index (κ1) is 16.7. The molecule has 1 aromatic carbocycles. The summed E-state index contributed by atoms with van der Waals surface area (Å²) in [6.07, 6.45) is 6.79. The van der Waals surface area contributed by atoms with Crippen LogP contribution >= 0.6 is 11.8 Å². The lowest BCUT2D eigenvalue weighted by molar-refractivity contribution is 0.402. The summed E-state index contributed by atoms with van der Waals surface area (Å²) in [5.41, 5.74) is 2.62. The first-order chi connectivity index (χ1) is 10.2. The Hall–Kier alpha value is -0.670. The minimum Gasteiger partial charge on any atom is -0.496 e. The standard InChI is InChI=1S/C18H29NOS/c1-4-11-19-17(13-21-15-7-5-6-8-15)16-12-14(2)9-10-18(16)20-3/h9-10,12,15,17,19H,4-8,11,13H2,1-3H3. The summed E-state index contributed by atoms with van der Waals surface area (Å²) in [5, 5.41) is 4.58. The molecule has 1 unspecified atom stereocenters. The lowest BCUT2D eigenvalue weighted by atomic mass is 10.0. The third kappa shape index (κ3) is 4.93. The first-order valence-electron chi connectivity index (χ1n) is 8.24. The molecule has 2 nitrogen and oxygen atoms in total. The molecule has 3 heteroatoms. The largest absolute Gasteiger partial charge is 0.496 e. The van der Waals surface area contributed by atoms with Crippen LogP contribution in [0.2, 0.25) is 0 Å². The minimum atomic E-state index is 0.394. The van der Waals surface area contributed by atoms with E-state index in [0.717, 1.165) is 23.3 Å². The van der Waals surface area contributed by atoms with Crippen LogP contribution in [0.4, 0.5) is 0 Å². The molecule has 0 amide bonds. The van der Waals surface area contributed by atoms with Crippen molar-refractivity contribution in [2.75, 3.05) is 19.4 Å². The van der Waals surface area contributed by atoms with E-state index in [2.05, 4.69) is 49.1 Å². The number of ether oxygens (including phenoxy) is 1. The fourth-order valence-corrected chi connectivity index (χ4v) is 4.42. The molecular weight excluding hydrogens is 278 g/mol. The third-order valence-electron chi connectivity index (χ3n) is 4.20. The van der Waals surface area contributed by atoms with Gasteiger partial charge in [-0.3, -0.25) is 0 Å². The zero-order chi connectivity index (χ0) is 15.1. The highest BCUT2D eigenvalue weighted by atomic mass is 32.2. The van der Waals surface area contributed by atoms with Gasteiger partial charge in [-0.1, -0.05) is 37.5 Å². The van der Waals surface area contributed by atoms with Crippen LogP contribution in [0.3, 0.4) is 0 Å². The van der Waals surface area contributed by atoms with Crippen molar-refractivity contribution < 1.29 is 4.74 Å². The summed E-state index contributed by atoms with van der Waals surface area (Å²) in [6, 6.07) is 6.90. The van der Waals surface area contributed by atoms with Gasteiger partial charge in [-0.2, -0.15) is 11.8 Å². The van der Waals surface area contributed by atoms with E-state index in [-0.39, 0.29) is 0 Å². The Labute approximate surface area is 134 Å². The third-order valence-corrected chi connectivity index (χ3v) is 5.67. The predicted octanol–water partition coefficient (Wildman–Crippen LogP) is 4.72. The van der Waals surface area contributed by atoms with Crippen molar-refractivity contribution in [2.24, 2.45) is 0 Å². The number of thioether (sulfide) groups is 1. The number of nitrogens with one attached hydrogen (secondary N) is 1. The molecular formula is C18H29NOS. The molecule has 1 fully saturated rings. The van der Waals surface area contributed by atoms with Gasteiger partial charge in [0.15, 0.2) is 0 Å². The Balaban J connectivity index is 2.08. The highest BCUT2D eigenvalue weighted by Crippen LogP contribution is 2.34. The Bertz CT molecular complexity index is 429. The predicted molar refractivity (Wildman–Crippen MR) is 93.5 cm³/mol. The molecule has 1 atom stereocenters. The van der Waals surface area contributed by atoms with Gasteiger partial charge in [0.1, 0.15) is 5.75 Å². The van der Waals surface area contributed by atoms with E-state index in [9.17, 15) is 0 Å². The van der Waals surface area contributed by atoms with Gasteiger partial charge in [-0.25, -0.2) is 0 Å². The molecule has 118 valence electrons. The smallest absolute Gasteiger partial charge is 0.123 e. The maximum Gasteiger partial charge on any atom is 0.123 e. The maximum atomic E-state index is 5.58. The fraction of sp³-hybridized carbons (Fsp3) is 0.667. The summed E-state index contributed by atoms with van der Waals surface area (Å²) in [6.45, 7) is 5.44. The second-order valence-corrected chi connectivity index (χ2v) is 7.33. The Kier molecular flexibility index (Phi) is 6.91. The summed E-state index contributed by atoms with van der Waals surface area (Å²) >= 11 is 2.14. The van der Waals surface area contributed by atoms with E-state index in [0.29, 0.717) is 6.04 Å². The van der Waals surface area contributed by atoms with Crippen molar-refractivity contribution in [3.63, 3.8) is 0 Å². The molecule has 0 aliphatic heterocycles. The minimum absolute atomic E-state index is 0.394. The highest BCUT2D eigenvalue weighted by molar-refractivity contribution is 7.99. The fourth-order valence-electron chi connectivity index (χ4n) is 2.99. The normalized spacial score (nSPS) is 17.1. The van der Waals surface area contributed by atoms with Crippen molar-refractivity contribution in [3.8, 4) is 5.75 Å². The average Bonchev–Trinajstić information content (AvgIpc) is 3.01. The topological polar surface area (TPSA) is 21.3 Å². The van der Waals surface area contributed by atoms with Crippen LogP contribution in [0.1, 0.15) is 56.2 Å². The number of methoxy groups -OCH3 is 1. The van der Waals surface area contributed by atoms with Crippen molar-refractivity contribution >= 4 is 11.8 Å². The summed E-state index contributed by atoms with van der Waals surface area (Å²) < 4.78 is 5.58. The second kappa shape index (κ2) is 8.70. The highest BCUT2D eigenvalue weighted by Gasteiger charge is 2.20. The van der Waals surface area contributed by atoms with Gasteiger partial charge in [0.25, 0.3) is 0 Å². The van der Waals surface area contributed by atoms with Crippen LogP contribution < -0.4 is 10.1 Å². The molecule has 1 aromatic rings. The van der Waals surface area contributed by atoms with Gasteiger partial charge in [0.2, 0.25) is 0 Å². The van der Waals surface area contributed by atoms with E-state index in [1.54, 1.807) is 7.11 Å². The van der Waals surface area contributed by atoms with Gasteiger partial charge in [0, 0.05) is 22.6 Å². The van der Waals surface area contributed by atoms with Crippen molar-refractivity contribution in [1.29, 1.82) is 0 Å². The molecule has 0 aromatic heterocycles. The van der Waals surface area contributed by atoms with Gasteiger partial charge in [-0.05, 0) is 38.8 Å². The van der Waals surface area contributed by atoms with Crippen molar-refractivity contribution in [3.05, 3.63) is 29.3 Å². The molecule has 1 N–H and O–H groups in total. The van der Waals surface area contributed by atoms with E-state index < -0.39 is 0 Å². The molecule has 0 radical (unpaired) electrons. The first-order valence-corrected chi connectivity index (χ1v) is 9.29. The molecule has 0 bridgehead atoms. The Morgan fingerprint density at radius 1 is 1.33 bits per heavy atom. The Morgan fingerprint density at radius 2 is 2.10 bits per heavy atom. The lowest BCUT2D eigenvalue weighted by Crippen LogP contribution is -2.25. The molecule has 2 rings (SSSR count). The lowest BCUT2D eigenvalue weighted by Gasteiger charge is -2.23. The van der Waals surface area contributed by atoms with Crippen LogP contribution in [0.25, 0.3) is 0 Å². The number of hydrogen-bond acceptors (Lipinski definition) is 3. The van der Waals surface area contributed by atoms with Crippen LogP contribution in [-0.2, 0) is 0 Å². The quantitative estimate of drug-likeness (QED) is 0.751. The second-order valence-electron chi connectivity index (χ2n) is 5.99. The maximum absolute atomic E-state index is 5.58. The van der Waals surface area contributed by atoms with Crippen LogP contribution in [0.15, 0.2) is 18.2 Å². The molecule has 1 saturated carbocycles. The van der Waals surface area contributed by atoms with Gasteiger partial charge in [0.05, 0.1) is 7.11 Å². The van der Waals surface area contributed by atoms with E-state index in [1.165, 1.54) is 43.2 Å². The zero-order valence-corrected chi connectivity index (χ0v) is 14.5. The van der Waals surface area contributed by atoms with Gasteiger partial charge in [-0.15, -0.1) is 0 Å². The van der Waals surface area contributed by atoms with E-state index in [4.69, 9.17) is 4.74 Å². The van der Waals surface area contributed by atoms with E-state index >= 15 is 0 Å². The van der Waals surface area contributed by atoms with Crippen LogP contribution in [0.5, 0.6) is 5.75 Å². The van der Waals surface area contributed by atoms with Crippen LogP contribution in [-0.4, -0.2) is 24.7 Å². The average molecular weight is 308 g/mol. The monoisotopic (exact) mass is 307 g/mol. The molecule has 0 spiro atoms. The molecule has 0 heterocycles. The van der Waals surface area contributed by atoms with Gasteiger partial charge >= 0.3 is 0 Å². The van der Waals surface area contributed by atoms with Gasteiger partial charge < -0.3 is 10.1 Å². The Morgan fingerprint density at radius 3 is 2.76 bits per heavy atom. The number of aryl methyl sites for hydroxylation is 1. The summed E-state index contributed by atoms with van der Waals surface area (Å²) in [7, 11) is 1.77. The molecule has 0 saturated heterocycles. The van der Waals surface area contributed by atoms with Crippen molar-refractivity contribution in [2.45, 2.75) is 57.2 Å². The number of hydrogen-bond donors (Lipinski definition) is 1. The molecule has 21 heavy (non-hydrogen) atoms. The van der Waals surface area contributed by atoms with Crippen molar-refractivity contribution in [1.82, 2.24) is 5.32 Å². The summed E-state index contributed by atoms with van der Waals surface area (Å²) in [5.74, 6) is 2.16. The number of rotatable bonds is 8. The van der Waals surface area contributed by atoms with E-state index in [1.807, 2.05) is 0 Å². The number of benzene rings is 1.